The van der Waals surface area contributed by atoms with Gasteiger partial charge in [-0.05, 0) is 25.0 Å². The number of hydrogen-bond donors (Lipinski definition) is 1. The van der Waals surface area contributed by atoms with Crippen molar-refractivity contribution >= 4 is 11.8 Å². The van der Waals surface area contributed by atoms with Crippen molar-refractivity contribution in [3.63, 3.8) is 0 Å². The van der Waals surface area contributed by atoms with Crippen molar-refractivity contribution in [1.29, 1.82) is 0 Å². The molecule has 1 aromatic heterocycles. The standard InChI is InChI=1S/C13H16N2OS/c1-11-5-2-3-6-12(11)15-8-7-14-13(15)17-10-4-9-16/h2-3,5-8,16H,4,9-10H2,1H3. The lowest BCUT2D eigenvalue weighted by atomic mass is 10.2. The smallest absolute Gasteiger partial charge is 0.172 e. The van der Waals surface area contributed by atoms with E-state index < -0.39 is 0 Å². The van der Waals surface area contributed by atoms with Crippen LogP contribution >= 0.6 is 11.8 Å². The number of benzene rings is 1. The molecule has 2 rings (SSSR count). The molecule has 0 aliphatic carbocycles. The minimum atomic E-state index is 0.234. The van der Waals surface area contributed by atoms with Crippen molar-refractivity contribution in [3.8, 4) is 5.69 Å². The second-order valence-electron chi connectivity index (χ2n) is 3.79. The summed E-state index contributed by atoms with van der Waals surface area (Å²) in [6, 6.07) is 8.25. The Morgan fingerprint density at radius 1 is 1.35 bits per heavy atom. The number of para-hydroxylation sites is 1. The van der Waals surface area contributed by atoms with Crippen LogP contribution in [0.4, 0.5) is 0 Å². The summed E-state index contributed by atoms with van der Waals surface area (Å²) >= 11 is 1.67. The summed E-state index contributed by atoms with van der Waals surface area (Å²) in [5, 5.41) is 9.76. The Labute approximate surface area is 106 Å². The molecule has 17 heavy (non-hydrogen) atoms. The first-order valence-corrected chi connectivity index (χ1v) is 6.64. The number of thioether (sulfide) groups is 1. The minimum absolute atomic E-state index is 0.234. The van der Waals surface area contributed by atoms with Crippen LogP contribution < -0.4 is 0 Å². The molecule has 0 spiro atoms. The Hall–Kier alpha value is -1.26. The quantitative estimate of drug-likeness (QED) is 0.653. The Morgan fingerprint density at radius 2 is 2.18 bits per heavy atom. The maximum atomic E-state index is 8.78. The third-order valence-electron chi connectivity index (χ3n) is 2.52. The highest BCUT2D eigenvalue weighted by Crippen LogP contribution is 2.22. The third-order valence-corrected chi connectivity index (χ3v) is 3.57. The zero-order valence-corrected chi connectivity index (χ0v) is 10.7. The van der Waals surface area contributed by atoms with Crippen LogP contribution in [0.5, 0.6) is 0 Å². The molecule has 0 saturated heterocycles. The first-order valence-electron chi connectivity index (χ1n) is 5.66. The molecule has 3 nitrogen and oxygen atoms in total. The fraction of sp³-hybridized carbons (Fsp3) is 0.308. The molecule has 90 valence electrons. The molecule has 0 aliphatic heterocycles. The number of rotatable bonds is 5. The number of aromatic nitrogens is 2. The van der Waals surface area contributed by atoms with Crippen molar-refractivity contribution in [1.82, 2.24) is 9.55 Å². The van der Waals surface area contributed by atoms with Crippen LogP contribution in [0.1, 0.15) is 12.0 Å². The molecule has 0 aliphatic rings. The second kappa shape index (κ2) is 5.89. The van der Waals surface area contributed by atoms with E-state index in [1.165, 1.54) is 5.56 Å². The average Bonchev–Trinajstić information content (AvgIpc) is 2.78. The van der Waals surface area contributed by atoms with Crippen molar-refractivity contribution in [3.05, 3.63) is 42.2 Å². The van der Waals surface area contributed by atoms with Gasteiger partial charge in [0.2, 0.25) is 0 Å². The normalized spacial score (nSPS) is 10.7. The SMILES string of the molecule is Cc1ccccc1-n1ccnc1SCCCO. The van der Waals surface area contributed by atoms with E-state index in [9.17, 15) is 0 Å². The van der Waals surface area contributed by atoms with Gasteiger partial charge in [0.15, 0.2) is 5.16 Å². The van der Waals surface area contributed by atoms with E-state index in [0.717, 1.165) is 23.0 Å². The molecule has 0 unspecified atom stereocenters. The summed E-state index contributed by atoms with van der Waals surface area (Å²) in [5.74, 6) is 0.888. The average molecular weight is 248 g/mol. The molecule has 2 aromatic rings. The molecule has 1 N–H and O–H groups in total. The highest BCUT2D eigenvalue weighted by molar-refractivity contribution is 7.99. The molecule has 0 amide bonds. The summed E-state index contributed by atoms with van der Waals surface area (Å²) in [7, 11) is 0. The summed E-state index contributed by atoms with van der Waals surface area (Å²) in [6.07, 6.45) is 4.59. The highest BCUT2D eigenvalue weighted by atomic mass is 32.2. The van der Waals surface area contributed by atoms with Gasteiger partial charge in [-0.2, -0.15) is 0 Å². The molecule has 1 aromatic carbocycles. The van der Waals surface area contributed by atoms with Crippen LogP contribution in [-0.2, 0) is 0 Å². The first kappa shape index (κ1) is 12.2. The molecule has 0 saturated carbocycles. The number of aliphatic hydroxyl groups is 1. The fourth-order valence-corrected chi connectivity index (χ4v) is 2.53. The zero-order valence-electron chi connectivity index (χ0n) is 9.84. The van der Waals surface area contributed by atoms with Gasteiger partial charge in [-0.3, -0.25) is 4.57 Å². The molecule has 0 atom stereocenters. The molecule has 0 radical (unpaired) electrons. The summed E-state index contributed by atoms with van der Waals surface area (Å²) in [5.41, 5.74) is 2.39. The molecule has 1 heterocycles. The number of hydrogen-bond acceptors (Lipinski definition) is 3. The van der Waals surface area contributed by atoms with Crippen molar-refractivity contribution in [2.75, 3.05) is 12.4 Å². The van der Waals surface area contributed by atoms with Crippen molar-refractivity contribution < 1.29 is 5.11 Å². The number of imidazole rings is 1. The van der Waals surface area contributed by atoms with Gasteiger partial charge in [0.05, 0.1) is 5.69 Å². The van der Waals surface area contributed by atoms with Gasteiger partial charge < -0.3 is 5.11 Å². The largest absolute Gasteiger partial charge is 0.396 e. The van der Waals surface area contributed by atoms with Gasteiger partial charge in [-0.25, -0.2) is 4.98 Å². The Bertz CT molecular complexity index is 482. The highest BCUT2D eigenvalue weighted by Gasteiger charge is 2.06. The van der Waals surface area contributed by atoms with Crippen molar-refractivity contribution in [2.45, 2.75) is 18.5 Å². The lowest BCUT2D eigenvalue weighted by molar-refractivity contribution is 0.296. The van der Waals surface area contributed by atoms with Gasteiger partial charge in [-0.1, -0.05) is 30.0 Å². The zero-order chi connectivity index (χ0) is 12.1. The number of aryl methyl sites for hydroxylation is 1. The lowest BCUT2D eigenvalue weighted by Gasteiger charge is -2.09. The minimum Gasteiger partial charge on any atom is -0.396 e. The predicted octanol–water partition coefficient (Wildman–Crippen LogP) is 2.66. The fourth-order valence-electron chi connectivity index (χ4n) is 1.64. The summed E-state index contributed by atoms with van der Waals surface area (Å²) < 4.78 is 2.09. The van der Waals surface area contributed by atoms with Crippen molar-refractivity contribution in [2.24, 2.45) is 0 Å². The van der Waals surface area contributed by atoms with Gasteiger partial charge in [0.25, 0.3) is 0 Å². The Kier molecular flexibility index (Phi) is 4.23. The van der Waals surface area contributed by atoms with E-state index >= 15 is 0 Å². The monoisotopic (exact) mass is 248 g/mol. The molecular formula is C13H16N2OS. The van der Waals surface area contributed by atoms with Crippen LogP contribution in [0.3, 0.4) is 0 Å². The van der Waals surface area contributed by atoms with Crippen LogP contribution in [0.15, 0.2) is 41.8 Å². The van der Waals surface area contributed by atoms with E-state index in [2.05, 4.69) is 28.6 Å². The van der Waals surface area contributed by atoms with E-state index in [0.29, 0.717) is 0 Å². The Balaban J connectivity index is 2.22. The maximum Gasteiger partial charge on any atom is 0.172 e. The topological polar surface area (TPSA) is 38.0 Å². The van der Waals surface area contributed by atoms with Crippen LogP contribution in [0, 0.1) is 6.92 Å². The lowest BCUT2D eigenvalue weighted by Crippen LogP contribution is -1.98. The Morgan fingerprint density at radius 3 is 2.94 bits per heavy atom. The van der Waals surface area contributed by atoms with E-state index in [-0.39, 0.29) is 6.61 Å². The van der Waals surface area contributed by atoms with E-state index in [4.69, 9.17) is 5.11 Å². The molecule has 4 heteroatoms. The second-order valence-corrected chi connectivity index (χ2v) is 4.85. The first-order chi connectivity index (χ1) is 8.33. The molecule has 0 fully saturated rings. The summed E-state index contributed by atoms with van der Waals surface area (Å²) in [6.45, 7) is 2.33. The molecule has 0 bridgehead atoms. The molecular weight excluding hydrogens is 232 g/mol. The van der Waals surface area contributed by atoms with Crippen LogP contribution in [0.2, 0.25) is 0 Å². The third kappa shape index (κ3) is 2.90. The van der Waals surface area contributed by atoms with Gasteiger partial charge >= 0.3 is 0 Å². The summed E-state index contributed by atoms with van der Waals surface area (Å²) in [4.78, 5) is 4.35. The number of nitrogens with zero attached hydrogens (tertiary/aromatic N) is 2. The van der Waals surface area contributed by atoms with Crippen LogP contribution in [0.25, 0.3) is 5.69 Å². The maximum absolute atomic E-state index is 8.78. The van der Waals surface area contributed by atoms with Gasteiger partial charge in [-0.15, -0.1) is 0 Å². The van der Waals surface area contributed by atoms with Crippen LogP contribution in [-0.4, -0.2) is 27.0 Å². The van der Waals surface area contributed by atoms with E-state index in [1.807, 2.05) is 24.5 Å². The van der Waals surface area contributed by atoms with Gasteiger partial charge in [0.1, 0.15) is 0 Å². The number of aliphatic hydroxyl groups excluding tert-OH is 1. The van der Waals surface area contributed by atoms with Gasteiger partial charge in [0, 0.05) is 24.8 Å². The van der Waals surface area contributed by atoms with E-state index in [1.54, 1.807) is 11.8 Å². The predicted molar refractivity (Wildman–Crippen MR) is 70.7 cm³/mol.